The summed E-state index contributed by atoms with van der Waals surface area (Å²) in [6, 6.07) is 5.91. The third-order valence-electron chi connectivity index (χ3n) is 4.66. The van der Waals surface area contributed by atoms with Gasteiger partial charge in [0.25, 0.3) is 0 Å². The van der Waals surface area contributed by atoms with E-state index in [1.165, 1.54) is 25.9 Å². The molecule has 1 aromatic carbocycles. The van der Waals surface area contributed by atoms with E-state index in [2.05, 4.69) is 16.3 Å². The van der Waals surface area contributed by atoms with Gasteiger partial charge in [0.15, 0.2) is 0 Å². The Hall–Kier alpha value is -1.76. The molecule has 2 atom stereocenters. The highest BCUT2D eigenvalue weighted by Crippen LogP contribution is 2.35. The van der Waals surface area contributed by atoms with Crippen LogP contribution in [0.15, 0.2) is 30.4 Å². The molecule has 2 unspecified atom stereocenters. The molecule has 2 aliphatic heterocycles. The van der Waals surface area contributed by atoms with Crippen molar-refractivity contribution in [2.75, 3.05) is 31.1 Å². The number of nitrogens with zero attached hydrogens (tertiary/aromatic N) is 1. The van der Waals surface area contributed by atoms with Crippen LogP contribution in [0.4, 0.5) is 5.69 Å². The minimum absolute atomic E-state index is 0.558. The van der Waals surface area contributed by atoms with E-state index in [9.17, 15) is 9.59 Å². The number of hydrogen-bond donors (Lipinski definition) is 3. The second-order valence-electron chi connectivity index (χ2n) is 6.33. The van der Waals surface area contributed by atoms with Crippen molar-refractivity contribution in [1.29, 1.82) is 0 Å². The molecule has 0 saturated carbocycles. The van der Waals surface area contributed by atoms with Gasteiger partial charge in [-0.1, -0.05) is 29.3 Å². The van der Waals surface area contributed by atoms with Crippen molar-refractivity contribution in [3.63, 3.8) is 0 Å². The van der Waals surface area contributed by atoms with Crippen molar-refractivity contribution in [2.45, 2.75) is 12.8 Å². The average molecular weight is 401 g/mol. The number of carboxylic acid groups (broad SMARTS) is 2. The number of carbonyl (C=O) groups is 2. The summed E-state index contributed by atoms with van der Waals surface area (Å²) < 4.78 is 0. The molecule has 3 rings (SSSR count). The van der Waals surface area contributed by atoms with E-state index < -0.39 is 11.9 Å². The summed E-state index contributed by atoms with van der Waals surface area (Å²) in [5.74, 6) is -0.833. The Balaban J connectivity index is 0.000000260. The number of hydrogen-bond acceptors (Lipinski definition) is 4. The third-order valence-corrected chi connectivity index (χ3v) is 5.47. The van der Waals surface area contributed by atoms with Gasteiger partial charge in [-0.3, -0.25) is 0 Å². The Morgan fingerprint density at radius 2 is 1.58 bits per heavy atom. The second-order valence-corrected chi connectivity index (χ2v) is 7.11. The molecule has 2 heterocycles. The van der Waals surface area contributed by atoms with Crippen molar-refractivity contribution in [2.24, 2.45) is 11.8 Å². The zero-order valence-electron chi connectivity index (χ0n) is 14.2. The zero-order chi connectivity index (χ0) is 19.1. The summed E-state index contributed by atoms with van der Waals surface area (Å²) in [7, 11) is 0. The Bertz CT molecular complexity index is 651. The van der Waals surface area contributed by atoms with Gasteiger partial charge in [0, 0.05) is 25.2 Å². The van der Waals surface area contributed by atoms with Crippen molar-refractivity contribution >= 4 is 40.8 Å². The summed E-state index contributed by atoms with van der Waals surface area (Å²) in [5, 5.41) is 20.5. The summed E-state index contributed by atoms with van der Waals surface area (Å²) in [6.45, 7) is 4.54. The number of carboxylic acids is 2. The Morgan fingerprint density at radius 3 is 2.08 bits per heavy atom. The van der Waals surface area contributed by atoms with Crippen LogP contribution in [0.5, 0.6) is 0 Å². The fraction of sp³-hybridized carbons (Fsp3) is 0.444. The quantitative estimate of drug-likeness (QED) is 0.675. The monoisotopic (exact) mass is 400 g/mol. The molecule has 0 amide bonds. The molecule has 8 heteroatoms. The highest BCUT2D eigenvalue weighted by Gasteiger charge is 2.30. The summed E-state index contributed by atoms with van der Waals surface area (Å²) in [5.41, 5.74) is 1.09. The summed E-state index contributed by atoms with van der Waals surface area (Å²) >= 11 is 12.4. The Morgan fingerprint density at radius 1 is 1.04 bits per heavy atom. The van der Waals surface area contributed by atoms with Gasteiger partial charge in [-0.15, -0.1) is 0 Å². The van der Waals surface area contributed by atoms with E-state index in [1.807, 2.05) is 12.1 Å². The summed E-state index contributed by atoms with van der Waals surface area (Å²) in [6.07, 6.45) is 3.62. The number of rotatable bonds is 3. The van der Waals surface area contributed by atoms with Crippen molar-refractivity contribution in [3.05, 3.63) is 40.4 Å². The van der Waals surface area contributed by atoms with Crippen LogP contribution >= 0.6 is 23.2 Å². The predicted molar refractivity (Wildman–Crippen MR) is 102 cm³/mol. The molecule has 0 aromatic heterocycles. The van der Waals surface area contributed by atoms with E-state index in [4.69, 9.17) is 33.4 Å². The van der Waals surface area contributed by atoms with E-state index in [1.54, 1.807) is 0 Å². The lowest BCUT2D eigenvalue weighted by molar-refractivity contribution is -0.134. The largest absolute Gasteiger partial charge is 0.478 e. The molecule has 0 radical (unpaired) electrons. The molecule has 26 heavy (non-hydrogen) atoms. The second kappa shape index (κ2) is 9.80. The minimum atomic E-state index is -1.26. The van der Waals surface area contributed by atoms with Gasteiger partial charge in [0.2, 0.25) is 0 Å². The molecular formula is C18H22Cl2N2O4. The number of anilines is 1. The van der Waals surface area contributed by atoms with Crippen molar-refractivity contribution in [3.8, 4) is 0 Å². The number of aliphatic carboxylic acids is 2. The molecule has 2 aliphatic rings. The van der Waals surface area contributed by atoms with Gasteiger partial charge >= 0.3 is 11.9 Å². The fourth-order valence-corrected chi connectivity index (χ4v) is 3.75. The van der Waals surface area contributed by atoms with Crippen LogP contribution in [-0.4, -0.2) is 48.3 Å². The highest BCUT2D eigenvalue weighted by molar-refractivity contribution is 6.43. The predicted octanol–water partition coefficient (Wildman–Crippen LogP) is 3.14. The number of halogens is 2. The maximum Gasteiger partial charge on any atom is 0.328 e. The van der Waals surface area contributed by atoms with Gasteiger partial charge in [-0.05, 0) is 49.9 Å². The average Bonchev–Trinajstić information content (AvgIpc) is 2.95. The first kappa shape index (κ1) is 20.6. The minimum Gasteiger partial charge on any atom is -0.478 e. The number of fused-ring (bicyclic) bond motifs is 1. The van der Waals surface area contributed by atoms with Crippen molar-refractivity contribution in [1.82, 2.24) is 5.32 Å². The maximum absolute atomic E-state index is 9.55. The van der Waals surface area contributed by atoms with Crippen LogP contribution in [0, 0.1) is 11.8 Å². The van der Waals surface area contributed by atoms with E-state index >= 15 is 0 Å². The first-order chi connectivity index (χ1) is 12.4. The van der Waals surface area contributed by atoms with Gasteiger partial charge in [0.05, 0.1) is 15.7 Å². The molecule has 0 bridgehead atoms. The molecule has 3 N–H and O–H groups in total. The van der Waals surface area contributed by atoms with Gasteiger partial charge < -0.3 is 20.4 Å². The first-order valence-corrected chi connectivity index (χ1v) is 9.17. The van der Waals surface area contributed by atoms with Crippen LogP contribution in [0.1, 0.15) is 12.8 Å². The molecule has 2 saturated heterocycles. The van der Waals surface area contributed by atoms with E-state index in [0.717, 1.165) is 30.6 Å². The summed E-state index contributed by atoms with van der Waals surface area (Å²) in [4.78, 5) is 21.5. The van der Waals surface area contributed by atoms with Crippen LogP contribution in [0.3, 0.4) is 0 Å². The topological polar surface area (TPSA) is 89.9 Å². The molecule has 2 fully saturated rings. The first-order valence-electron chi connectivity index (χ1n) is 8.42. The standard InChI is InChI=1S/C14H18Cl2N2.C4H4O4/c15-12-2-1-3-13(14(12)16)18-6-4-10-8-17-9-11(10)5-7-18;5-3(6)1-2-4(7)8/h1-3,10-11,17H,4-9H2;1-2H,(H,5,6)(H,7,8)/b;2-1-. The highest BCUT2D eigenvalue weighted by atomic mass is 35.5. The normalized spacial score (nSPS) is 22.3. The molecule has 0 aliphatic carbocycles. The fourth-order valence-electron chi connectivity index (χ4n) is 3.34. The maximum atomic E-state index is 9.55. The molecule has 6 nitrogen and oxygen atoms in total. The lowest BCUT2D eigenvalue weighted by Crippen LogP contribution is -2.26. The van der Waals surface area contributed by atoms with Gasteiger partial charge in [-0.2, -0.15) is 0 Å². The van der Waals surface area contributed by atoms with E-state index in [0.29, 0.717) is 22.2 Å². The number of benzene rings is 1. The molecule has 1 aromatic rings. The lowest BCUT2D eigenvalue weighted by atomic mass is 9.92. The Kier molecular flexibility index (Phi) is 7.75. The van der Waals surface area contributed by atoms with Crippen molar-refractivity contribution < 1.29 is 19.8 Å². The van der Waals surface area contributed by atoms with Crippen LogP contribution < -0.4 is 10.2 Å². The molecular weight excluding hydrogens is 379 g/mol. The molecule has 142 valence electrons. The molecule has 0 spiro atoms. The van der Waals surface area contributed by atoms with Gasteiger partial charge in [0.1, 0.15) is 0 Å². The van der Waals surface area contributed by atoms with Crippen LogP contribution in [-0.2, 0) is 9.59 Å². The SMILES string of the molecule is Clc1cccc(N2CCC3CNCC3CC2)c1Cl.O=C(O)/C=C\C(=O)O. The third kappa shape index (κ3) is 5.90. The number of nitrogens with one attached hydrogen (secondary N) is 1. The zero-order valence-corrected chi connectivity index (χ0v) is 15.7. The lowest BCUT2D eigenvalue weighted by Gasteiger charge is -2.24. The Labute approximate surface area is 162 Å². The smallest absolute Gasteiger partial charge is 0.328 e. The van der Waals surface area contributed by atoms with Crippen LogP contribution in [0.2, 0.25) is 10.0 Å². The van der Waals surface area contributed by atoms with Gasteiger partial charge in [-0.25, -0.2) is 9.59 Å². The van der Waals surface area contributed by atoms with E-state index in [-0.39, 0.29) is 0 Å². The van der Waals surface area contributed by atoms with Crippen LogP contribution in [0.25, 0.3) is 0 Å².